The highest BCUT2D eigenvalue weighted by Gasteiger charge is 2.29. The van der Waals surface area contributed by atoms with Crippen molar-refractivity contribution in [1.29, 1.82) is 0 Å². The Morgan fingerprint density at radius 3 is 2.82 bits per heavy atom. The van der Waals surface area contributed by atoms with Crippen LogP contribution in [0, 0.1) is 0 Å². The second kappa shape index (κ2) is 8.87. The Hall–Kier alpha value is -2.19. The molecule has 8 heteroatoms. The lowest BCUT2D eigenvalue weighted by Crippen LogP contribution is -2.48. The fourth-order valence-corrected chi connectivity index (χ4v) is 4.26. The highest BCUT2D eigenvalue weighted by atomic mass is 16.5. The Balaban J connectivity index is 1.41. The smallest absolute Gasteiger partial charge is 0.168 e. The number of tetrazole rings is 1. The summed E-state index contributed by atoms with van der Waals surface area (Å²) in [4.78, 5) is 4.93. The largest absolute Gasteiger partial charge is 0.497 e. The van der Waals surface area contributed by atoms with Crippen LogP contribution < -0.4 is 9.64 Å². The van der Waals surface area contributed by atoms with E-state index in [1.165, 1.54) is 5.69 Å². The monoisotopic (exact) mass is 386 g/mol. The van der Waals surface area contributed by atoms with Crippen LogP contribution in [-0.2, 0) is 11.3 Å². The summed E-state index contributed by atoms with van der Waals surface area (Å²) in [6, 6.07) is 8.53. The normalized spacial score (nSPS) is 21.8. The first-order chi connectivity index (χ1) is 13.8. The van der Waals surface area contributed by atoms with Gasteiger partial charge < -0.3 is 14.4 Å². The first-order valence-electron chi connectivity index (χ1n) is 10.3. The van der Waals surface area contributed by atoms with Crippen LogP contribution in [0.4, 0.5) is 5.69 Å². The van der Waals surface area contributed by atoms with Crippen LogP contribution in [0.3, 0.4) is 0 Å². The molecular formula is C20H30N6O2. The third-order valence-corrected chi connectivity index (χ3v) is 5.82. The van der Waals surface area contributed by atoms with Crippen molar-refractivity contribution in [3.63, 3.8) is 0 Å². The van der Waals surface area contributed by atoms with Gasteiger partial charge in [-0.15, -0.1) is 5.10 Å². The Kier molecular flexibility index (Phi) is 6.07. The second-order valence-electron chi connectivity index (χ2n) is 7.50. The predicted octanol–water partition coefficient (Wildman–Crippen LogP) is 2.13. The first kappa shape index (κ1) is 19.1. The van der Waals surface area contributed by atoms with Gasteiger partial charge in [-0.1, -0.05) is 13.0 Å². The molecule has 0 amide bonds. The molecule has 8 nitrogen and oxygen atoms in total. The SMILES string of the molecule is CC[C@H](c1nnnn1C[C@@H]1CCCO1)N1CCN(c2cccc(OC)c2)CC1. The molecule has 1 aromatic carbocycles. The van der Waals surface area contributed by atoms with E-state index in [0.29, 0.717) is 0 Å². The molecule has 0 spiro atoms. The molecule has 2 aliphatic rings. The van der Waals surface area contributed by atoms with Crippen molar-refractivity contribution in [1.82, 2.24) is 25.1 Å². The fraction of sp³-hybridized carbons (Fsp3) is 0.650. The number of ether oxygens (including phenoxy) is 2. The second-order valence-corrected chi connectivity index (χ2v) is 7.50. The standard InChI is InChI=1S/C20H30N6O2/c1-3-19(20-21-22-23-26(20)15-18-8-5-13-28-18)25-11-9-24(10-12-25)16-6-4-7-17(14-16)27-2/h4,6-7,14,18-19H,3,5,8-13,15H2,1-2H3/t18-,19+/m0/s1. The lowest BCUT2D eigenvalue weighted by molar-refractivity contribution is 0.0894. The summed E-state index contributed by atoms with van der Waals surface area (Å²) in [6.07, 6.45) is 3.45. The number of nitrogens with zero attached hydrogens (tertiary/aromatic N) is 6. The van der Waals surface area contributed by atoms with Crippen LogP contribution in [0.25, 0.3) is 0 Å². The van der Waals surface area contributed by atoms with Crippen LogP contribution in [0.5, 0.6) is 5.75 Å². The molecule has 0 N–H and O–H groups in total. The molecule has 0 bridgehead atoms. The van der Waals surface area contributed by atoms with Crippen molar-refractivity contribution in [2.24, 2.45) is 0 Å². The third kappa shape index (κ3) is 4.12. The molecule has 0 unspecified atom stereocenters. The van der Waals surface area contributed by atoms with Gasteiger partial charge in [0.05, 0.1) is 25.8 Å². The average molecular weight is 387 g/mol. The van der Waals surface area contributed by atoms with E-state index in [1.54, 1.807) is 7.11 Å². The summed E-state index contributed by atoms with van der Waals surface area (Å²) in [6.45, 7) is 7.76. The molecule has 4 rings (SSSR count). The van der Waals surface area contributed by atoms with Gasteiger partial charge in [-0.3, -0.25) is 4.90 Å². The lowest BCUT2D eigenvalue weighted by atomic mass is 10.1. The van der Waals surface area contributed by atoms with E-state index in [2.05, 4.69) is 50.4 Å². The highest BCUT2D eigenvalue weighted by Crippen LogP contribution is 2.27. The van der Waals surface area contributed by atoms with Gasteiger partial charge in [0.15, 0.2) is 5.82 Å². The van der Waals surface area contributed by atoms with Gasteiger partial charge in [0, 0.05) is 44.5 Å². The molecule has 2 atom stereocenters. The zero-order valence-electron chi connectivity index (χ0n) is 16.8. The molecule has 0 radical (unpaired) electrons. The maximum atomic E-state index is 5.78. The summed E-state index contributed by atoms with van der Waals surface area (Å²) in [7, 11) is 1.71. The van der Waals surface area contributed by atoms with E-state index in [-0.39, 0.29) is 12.1 Å². The van der Waals surface area contributed by atoms with Crippen LogP contribution >= 0.6 is 0 Å². The predicted molar refractivity (Wildman–Crippen MR) is 107 cm³/mol. The minimum Gasteiger partial charge on any atom is -0.497 e. The number of hydrogen-bond acceptors (Lipinski definition) is 7. The van der Waals surface area contributed by atoms with Crippen molar-refractivity contribution in [2.75, 3.05) is 44.8 Å². The summed E-state index contributed by atoms with van der Waals surface area (Å²) < 4.78 is 13.1. The third-order valence-electron chi connectivity index (χ3n) is 5.82. The van der Waals surface area contributed by atoms with Crippen LogP contribution in [0.2, 0.25) is 0 Å². The van der Waals surface area contributed by atoms with Gasteiger partial charge in [0.1, 0.15) is 5.75 Å². The number of aromatic nitrogens is 4. The molecule has 28 heavy (non-hydrogen) atoms. The summed E-state index contributed by atoms with van der Waals surface area (Å²) >= 11 is 0. The Morgan fingerprint density at radius 1 is 1.25 bits per heavy atom. The van der Waals surface area contributed by atoms with Crippen molar-refractivity contribution >= 4 is 5.69 Å². The Labute approximate surface area is 166 Å². The molecular weight excluding hydrogens is 356 g/mol. The molecule has 2 aliphatic heterocycles. The van der Waals surface area contributed by atoms with Crippen molar-refractivity contribution < 1.29 is 9.47 Å². The maximum absolute atomic E-state index is 5.78. The Morgan fingerprint density at radius 2 is 2.11 bits per heavy atom. The zero-order valence-corrected chi connectivity index (χ0v) is 16.8. The molecule has 3 heterocycles. The molecule has 0 aliphatic carbocycles. The Bertz CT molecular complexity index is 753. The van der Waals surface area contributed by atoms with E-state index < -0.39 is 0 Å². The first-order valence-corrected chi connectivity index (χ1v) is 10.3. The van der Waals surface area contributed by atoms with E-state index in [9.17, 15) is 0 Å². The van der Waals surface area contributed by atoms with E-state index >= 15 is 0 Å². The number of benzene rings is 1. The molecule has 2 saturated heterocycles. The van der Waals surface area contributed by atoms with Crippen LogP contribution in [-0.4, -0.2) is 71.1 Å². The molecule has 1 aromatic heterocycles. The van der Waals surface area contributed by atoms with Crippen LogP contribution in [0.1, 0.15) is 38.1 Å². The number of rotatable bonds is 7. The molecule has 2 aromatic rings. The minimum absolute atomic E-state index is 0.240. The summed E-state index contributed by atoms with van der Waals surface area (Å²) in [5.41, 5.74) is 1.22. The summed E-state index contributed by atoms with van der Waals surface area (Å²) in [5.74, 6) is 1.87. The van der Waals surface area contributed by atoms with E-state index in [1.807, 2.05) is 10.7 Å². The van der Waals surface area contributed by atoms with Crippen LogP contribution in [0.15, 0.2) is 24.3 Å². The van der Waals surface area contributed by atoms with Gasteiger partial charge in [0.25, 0.3) is 0 Å². The minimum atomic E-state index is 0.240. The number of anilines is 1. The number of hydrogen-bond donors (Lipinski definition) is 0. The van der Waals surface area contributed by atoms with E-state index in [4.69, 9.17) is 9.47 Å². The van der Waals surface area contributed by atoms with Gasteiger partial charge in [0.2, 0.25) is 0 Å². The van der Waals surface area contributed by atoms with E-state index in [0.717, 1.165) is 70.2 Å². The topological polar surface area (TPSA) is 68.5 Å². The molecule has 0 saturated carbocycles. The van der Waals surface area contributed by atoms with Gasteiger partial charge >= 0.3 is 0 Å². The van der Waals surface area contributed by atoms with Gasteiger partial charge in [-0.2, -0.15) is 0 Å². The van der Waals surface area contributed by atoms with Gasteiger partial charge in [-0.05, 0) is 41.8 Å². The summed E-state index contributed by atoms with van der Waals surface area (Å²) in [5, 5.41) is 12.6. The molecule has 2 fully saturated rings. The van der Waals surface area contributed by atoms with Crippen molar-refractivity contribution in [3.8, 4) is 5.75 Å². The lowest BCUT2D eigenvalue weighted by Gasteiger charge is -2.39. The number of methoxy groups -OCH3 is 1. The average Bonchev–Trinajstić information content (AvgIpc) is 3.42. The maximum Gasteiger partial charge on any atom is 0.168 e. The van der Waals surface area contributed by atoms with Gasteiger partial charge in [-0.25, -0.2) is 4.68 Å². The zero-order chi connectivity index (χ0) is 19.3. The van der Waals surface area contributed by atoms with Crippen molar-refractivity contribution in [3.05, 3.63) is 30.1 Å². The van der Waals surface area contributed by atoms with Crippen molar-refractivity contribution in [2.45, 2.75) is 44.9 Å². The fourth-order valence-electron chi connectivity index (χ4n) is 4.26. The quantitative estimate of drug-likeness (QED) is 0.722. The highest BCUT2D eigenvalue weighted by molar-refractivity contribution is 5.51. The number of piperazine rings is 1. The molecule has 152 valence electrons.